The Labute approximate surface area is 76.3 Å². The van der Waals surface area contributed by atoms with Gasteiger partial charge in [0.05, 0.1) is 0 Å². The summed E-state index contributed by atoms with van der Waals surface area (Å²) in [4.78, 5) is 0. The van der Waals surface area contributed by atoms with Crippen molar-refractivity contribution in [2.75, 3.05) is 0 Å². The van der Waals surface area contributed by atoms with Crippen molar-refractivity contribution in [1.29, 1.82) is 0 Å². The van der Waals surface area contributed by atoms with E-state index in [-0.39, 0.29) is 17.1 Å². The van der Waals surface area contributed by atoms with Crippen LogP contribution >= 0.6 is 0 Å². The van der Waals surface area contributed by atoms with Gasteiger partial charge in [0.2, 0.25) is 0 Å². The van der Waals surface area contributed by atoms with Gasteiger partial charge in [-0.2, -0.15) is 0 Å². The Kier molecular flexibility index (Phi) is 10.0. The van der Waals surface area contributed by atoms with Gasteiger partial charge in [0, 0.05) is 17.1 Å². The quantitative estimate of drug-likeness (QED) is 0.587. The van der Waals surface area contributed by atoms with E-state index in [0.717, 1.165) is 11.8 Å². The maximum Gasteiger partial charge on any atom is 0 e. The van der Waals surface area contributed by atoms with Crippen LogP contribution in [0.15, 0.2) is 0 Å². The van der Waals surface area contributed by atoms with E-state index in [1.54, 1.807) is 0 Å². The molecule has 0 aliphatic rings. The van der Waals surface area contributed by atoms with E-state index in [1.165, 1.54) is 19.3 Å². The van der Waals surface area contributed by atoms with Crippen LogP contribution in [0.1, 0.15) is 47.0 Å². The van der Waals surface area contributed by atoms with Crippen LogP contribution in [0.2, 0.25) is 0 Å². The van der Waals surface area contributed by atoms with Crippen molar-refractivity contribution in [3.63, 3.8) is 0 Å². The van der Waals surface area contributed by atoms with Gasteiger partial charge in [-0.05, 0) is 11.8 Å². The molecule has 0 rings (SSSR count). The van der Waals surface area contributed by atoms with Crippen LogP contribution in [0.25, 0.3) is 0 Å². The summed E-state index contributed by atoms with van der Waals surface area (Å²) in [7, 11) is 0. The van der Waals surface area contributed by atoms with Crippen molar-refractivity contribution in [3.05, 3.63) is 0 Å². The zero-order chi connectivity index (χ0) is 7.28. The summed E-state index contributed by atoms with van der Waals surface area (Å²) < 4.78 is 0. The summed E-state index contributed by atoms with van der Waals surface area (Å²) in [5.41, 5.74) is 0. The molecular formula is C9H20Fe. The predicted molar refractivity (Wildman–Crippen MR) is 43.5 cm³/mol. The van der Waals surface area contributed by atoms with Crippen molar-refractivity contribution in [2.24, 2.45) is 11.8 Å². The van der Waals surface area contributed by atoms with Gasteiger partial charge in [0.1, 0.15) is 0 Å². The summed E-state index contributed by atoms with van der Waals surface area (Å²) in [5, 5.41) is 0. The molecule has 0 atom stereocenters. The first-order valence-electron chi connectivity index (χ1n) is 4.13. The molecule has 64 valence electrons. The third-order valence-corrected chi connectivity index (χ3v) is 1.56. The third-order valence-electron chi connectivity index (χ3n) is 1.56. The third kappa shape index (κ3) is 11.3. The van der Waals surface area contributed by atoms with E-state index >= 15 is 0 Å². The van der Waals surface area contributed by atoms with Crippen LogP contribution in [-0.2, 0) is 17.1 Å². The summed E-state index contributed by atoms with van der Waals surface area (Å²) in [6.07, 6.45) is 4.21. The molecule has 0 aromatic carbocycles. The molecule has 0 spiro atoms. The Morgan fingerprint density at radius 3 is 1.30 bits per heavy atom. The average molecular weight is 184 g/mol. The van der Waals surface area contributed by atoms with Crippen molar-refractivity contribution >= 4 is 0 Å². The second kappa shape index (κ2) is 7.62. The summed E-state index contributed by atoms with van der Waals surface area (Å²) in [5.74, 6) is 1.78. The molecule has 0 saturated carbocycles. The minimum atomic E-state index is 0. The molecule has 0 fully saturated rings. The predicted octanol–water partition coefficient (Wildman–Crippen LogP) is 3.47. The molecule has 0 bridgehead atoms. The topological polar surface area (TPSA) is 0 Å². The Balaban J connectivity index is 0. The van der Waals surface area contributed by atoms with Gasteiger partial charge in [0.25, 0.3) is 0 Å². The molecule has 0 nitrogen and oxygen atoms in total. The fourth-order valence-electron chi connectivity index (χ4n) is 0.934. The second-order valence-electron chi connectivity index (χ2n) is 3.72. The molecular weight excluding hydrogens is 164 g/mol. The van der Waals surface area contributed by atoms with E-state index in [2.05, 4.69) is 27.7 Å². The van der Waals surface area contributed by atoms with Gasteiger partial charge in [-0.25, -0.2) is 0 Å². The Morgan fingerprint density at radius 2 is 1.10 bits per heavy atom. The molecule has 10 heavy (non-hydrogen) atoms. The minimum Gasteiger partial charge on any atom is -0.0628 e. The van der Waals surface area contributed by atoms with Gasteiger partial charge in [0.15, 0.2) is 0 Å². The van der Waals surface area contributed by atoms with Crippen molar-refractivity contribution in [3.8, 4) is 0 Å². The molecule has 0 aromatic heterocycles. The van der Waals surface area contributed by atoms with Gasteiger partial charge < -0.3 is 0 Å². The van der Waals surface area contributed by atoms with E-state index in [4.69, 9.17) is 0 Å². The largest absolute Gasteiger partial charge is 0.0628 e. The van der Waals surface area contributed by atoms with Crippen LogP contribution in [0.3, 0.4) is 0 Å². The molecule has 0 aliphatic heterocycles. The van der Waals surface area contributed by atoms with E-state index in [1.807, 2.05) is 0 Å². The van der Waals surface area contributed by atoms with Gasteiger partial charge in [-0.15, -0.1) is 0 Å². The standard InChI is InChI=1S/C9H20.Fe/c1-8(2)6-5-7-9(3)4;/h8-9H,5-7H2,1-4H3;. The first kappa shape index (κ1) is 13.1. The fourth-order valence-corrected chi connectivity index (χ4v) is 0.934. The molecule has 1 heteroatoms. The Morgan fingerprint density at radius 1 is 0.800 bits per heavy atom. The minimum absolute atomic E-state index is 0. The van der Waals surface area contributed by atoms with Crippen LogP contribution < -0.4 is 0 Å². The van der Waals surface area contributed by atoms with E-state index in [9.17, 15) is 0 Å². The fraction of sp³-hybridized carbons (Fsp3) is 1.00. The molecule has 0 aliphatic carbocycles. The molecule has 0 N–H and O–H groups in total. The molecule has 0 radical (unpaired) electrons. The van der Waals surface area contributed by atoms with Gasteiger partial charge in [-0.1, -0.05) is 47.0 Å². The van der Waals surface area contributed by atoms with Crippen molar-refractivity contribution < 1.29 is 17.1 Å². The van der Waals surface area contributed by atoms with Gasteiger partial charge >= 0.3 is 0 Å². The van der Waals surface area contributed by atoms with Crippen LogP contribution in [-0.4, -0.2) is 0 Å². The summed E-state index contributed by atoms with van der Waals surface area (Å²) >= 11 is 0. The normalized spacial score (nSPS) is 10.2. The Bertz CT molecular complexity index is 49.7. The number of hydrogen-bond donors (Lipinski definition) is 0. The smallest absolute Gasteiger partial charge is 0 e. The maximum absolute atomic E-state index is 2.29. The van der Waals surface area contributed by atoms with Crippen molar-refractivity contribution in [2.45, 2.75) is 47.0 Å². The second-order valence-corrected chi connectivity index (χ2v) is 3.72. The molecule has 0 aromatic rings. The monoisotopic (exact) mass is 184 g/mol. The van der Waals surface area contributed by atoms with Crippen LogP contribution in [0.5, 0.6) is 0 Å². The van der Waals surface area contributed by atoms with Crippen LogP contribution in [0.4, 0.5) is 0 Å². The number of hydrogen-bond acceptors (Lipinski definition) is 0. The number of rotatable bonds is 4. The zero-order valence-corrected chi connectivity index (χ0v) is 8.73. The van der Waals surface area contributed by atoms with Gasteiger partial charge in [-0.3, -0.25) is 0 Å². The molecule has 0 amide bonds. The first-order chi connectivity index (χ1) is 4.13. The summed E-state index contributed by atoms with van der Waals surface area (Å²) in [6, 6.07) is 0. The van der Waals surface area contributed by atoms with Crippen LogP contribution in [0, 0.1) is 11.8 Å². The SMILES string of the molecule is CC(C)CCCC(C)C.[Fe]. The van der Waals surface area contributed by atoms with Crippen molar-refractivity contribution in [1.82, 2.24) is 0 Å². The molecule has 0 saturated heterocycles. The average Bonchev–Trinajstić information content (AvgIpc) is 1.63. The Hall–Kier alpha value is 0.519. The zero-order valence-electron chi connectivity index (χ0n) is 7.63. The van der Waals surface area contributed by atoms with E-state index < -0.39 is 0 Å². The van der Waals surface area contributed by atoms with E-state index in [0.29, 0.717) is 0 Å². The molecule has 0 heterocycles. The first-order valence-corrected chi connectivity index (χ1v) is 4.13. The molecule has 0 unspecified atom stereocenters. The summed E-state index contributed by atoms with van der Waals surface area (Å²) in [6.45, 7) is 9.17. The maximum atomic E-state index is 2.29.